The van der Waals surface area contributed by atoms with Gasteiger partial charge in [-0.05, 0) is 24.0 Å². The first-order valence-corrected chi connectivity index (χ1v) is 8.81. The van der Waals surface area contributed by atoms with E-state index in [-0.39, 0.29) is 17.9 Å². The molecule has 3 rings (SSSR count). The third-order valence-corrected chi connectivity index (χ3v) is 4.70. The van der Waals surface area contributed by atoms with Gasteiger partial charge in [-0.1, -0.05) is 73.5 Å². The molecular weight excluding hydrogens is 298 g/mol. The standard InChI is InChI=1S/C21H25NO2/c23-21(24-16-18-11-5-2-6-12-18)19-13-7-8-14-20(19)22-15-17-9-3-1-4-10-17/h1-6,9-12,19-20,22H,7-8,13-16H2/t19-,20+/m1/s1. The molecular formula is C21H25NO2. The zero-order valence-corrected chi connectivity index (χ0v) is 14.0. The van der Waals surface area contributed by atoms with E-state index in [0.717, 1.165) is 31.4 Å². The summed E-state index contributed by atoms with van der Waals surface area (Å²) in [7, 11) is 0. The first kappa shape index (κ1) is 16.7. The molecule has 0 aliphatic heterocycles. The van der Waals surface area contributed by atoms with E-state index in [0.29, 0.717) is 6.61 Å². The van der Waals surface area contributed by atoms with Crippen molar-refractivity contribution in [3.05, 3.63) is 71.8 Å². The van der Waals surface area contributed by atoms with Gasteiger partial charge in [0.05, 0.1) is 5.92 Å². The zero-order valence-electron chi connectivity index (χ0n) is 14.0. The molecule has 0 amide bonds. The molecule has 24 heavy (non-hydrogen) atoms. The molecule has 2 aromatic carbocycles. The Balaban J connectivity index is 1.54. The normalized spacial score (nSPS) is 20.5. The third kappa shape index (κ3) is 4.68. The molecule has 126 valence electrons. The molecule has 0 spiro atoms. The molecule has 1 aliphatic carbocycles. The molecule has 2 atom stereocenters. The summed E-state index contributed by atoms with van der Waals surface area (Å²) >= 11 is 0. The number of nitrogens with one attached hydrogen (secondary N) is 1. The summed E-state index contributed by atoms with van der Waals surface area (Å²) in [4.78, 5) is 12.5. The molecule has 0 saturated heterocycles. The van der Waals surface area contributed by atoms with Crippen molar-refractivity contribution in [1.82, 2.24) is 5.32 Å². The van der Waals surface area contributed by atoms with E-state index in [1.807, 2.05) is 48.5 Å². The van der Waals surface area contributed by atoms with Crippen molar-refractivity contribution >= 4 is 5.97 Å². The summed E-state index contributed by atoms with van der Waals surface area (Å²) in [6.07, 6.45) is 4.24. The molecule has 1 aliphatic rings. The van der Waals surface area contributed by atoms with Crippen molar-refractivity contribution in [2.75, 3.05) is 0 Å². The zero-order chi connectivity index (χ0) is 16.6. The van der Waals surface area contributed by atoms with Gasteiger partial charge in [0.25, 0.3) is 0 Å². The largest absolute Gasteiger partial charge is 0.461 e. The van der Waals surface area contributed by atoms with Crippen molar-refractivity contribution in [1.29, 1.82) is 0 Å². The second kappa shape index (κ2) is 8.65. The van der Waals surface area contributed by atoms with Gasteiger partial charge in [0, 0.05) is 12.6 Å². The fourth-order valence-electron chi connectivity index (χ4n) is 3.34. The minimum atomic E-state index is -0.0656. The number of esters is 1. The van der Waals surface area contributed by atoms with Crippen LogP contribution in [0.15, 0.2) is 60.7 Å². The first-order chi connectivity index (χ1) is 11.8. The summed E-state index contributed by atoms with van der Waals surface area (Å²) in [5, 5.41) is 3.57. The van der Waals surface area contributed by atoms with Crippen LogP contribution in [0.1, 0.15) is 36.8 Å². The van der Waals surface area contributed by atoms with Crippen LogP contribution in [0, 0.1) is 5.92 Å². The molecule has 0 heterocycles. The van der Waals surface area contributed by atoms with Crippen LogP contribution < -0.4 is 5.32 Å². The van der Waals surface area contributed by atoms with Gasteiger partial charge in [-0.15, -0.1) is 0 Å². The predicted molar refractivity (Wildman–Crippen MR) is 95.3 cm³/mol. The number of carbonyl (C=O) groups excluding carboxylic acids is 1. The molecule has 0 bridgehead atoms. The van der Waals surface area contributed by atoms with Crippen LogP contribution in [0.4, 0.5) is 0 Å². The fraction of sp³-hybridized carbons (Fsp3) is 0.381. The van der Waals surface area contributed by atoms with Crippen molar-refractivity contribution < 1.29 is 9.53 Å². The summed E-state index contributed by atoms with van der Waals surface area (Å²) in [6, 6.07) is 20.4. The summed E-state index contributed by atoms with van der Waals surface area (Å²) in [6.45, 7) is 1.16. The van der Waals surface area contributed by atoms with Gasteiger partial charge in [-0.25, -0.2) is 0 Å². The smallest absolute Gasteiger partial charge is 0.310 e. The third-order valence-electron chi connectivity index (χ3n) is 4.70. The molecule has 0 radical (unpaired) electrons. The van der Waals surface area contributed by atoms with Crippen molar-refractivity contribution in [3.8, 4) is 0 Å². The Morgan fingerprint density at radius 3 is 2.25 bits per heavy atom. The Morgan fingerprint density at radius 2 is 1.54 bits per heavy atom. The van der Waals surface area contributed by atoms with E-state index in [4.69, 9.17) is 4.74 Å². The van der Waals surface area contributed by atoms with E-state index in [1.165, 1.54) is 12.0 Å². The molecule has 1 N–H and O–H groups in total. The van der Waals surface area contributed by atoms with Crippen molar-refractivity contribution in [2.45, 2.75) is 44.9 Å². The lowest BCUT2D eigenvalue weighted by Gasteiger charge is -2.30. The highest BCUT2D eigenvalue weighted by molar-refractivity contribution is 5.73. The molecule has 0 aromatic heterocycles. The van der Waals surface area contributed by atoms with Gasteiger partial charge in [0.2, 0.25) is 0 Å². The van der Waals surface area contributed by atoms with Crippen LogP contribution >= 0.6 is 0 Å². The van der Waals surface area contributed by atoms with Crippen LogP contribution in [0.5, 0.6) is 0 Å². The number of hydrogen-bond acceptors (Lipinski definition) is 3. The highest BCUT2D eigenvalue weighted by Crippen LogP contribution is 2.26. The minimum absolute atomic E-state index is 0.0359. The number of rotatable bonds is 6. The van der Waals surface area contributed by atoms with E-state index in [9.17, 15) is 4.79 Å². The van der Waals surface area contributed by atoms with Crippen LogP contribution in [0.2, 0.25) is 0 Å². The molecule has 1 saturated carbocycles. The van der Waals surface area contributed by atoms with Crippen LogP contribution in [0.25, 0.3) is 0 Å². The Kier molecular flexibility index (Phi) is 6.02. The highest BCUT2D eigenvalue weighted by atomic mass is 16.5. The monoisotopic (exact) mass is 323 g/mol. The molecule has 0 unspecified atom stereocenters. The van der Waals surface area contributed by atoms with Crippen LogP contribution in [0.3, 0.4) is 0 Å². The van der Waals surface area contributed by atoms with Gasteiger partial charge < -0.3 is 10.1 Å². The number of benzene rings is 2. The second-order valence-corrected chi connectivity index (χ2v) is 6.46. The van der Waals surface area contributed by atoms with Crippen LogP contribution in [-0.4, -0.2) is 12.0 Å². The molecule has 3 heteroatoms. The summed E-state index contributed by atoms with van der Waals surface area (Å²) in [5.74, 6) is -0.102. The van der Waals surface area contributed by atoms with E-state index in [1.54, 1.807) is 0 Å². The Hall–Kier alpha value is -2.13. The topological polar surface area (TPSA) is 38.3 Å². The van der Waals surface area contributed by atoms with Gasteiger partial charge in [0.1, 0.15) is 6.61 Å². The predicted octanol–water partition coefficient (Wildman–Crippen LogP) is 4.08. The van der Waals surface area contributed by atoms with Crippen molar-refractivity contribution in [3.63, 3.8) is 0 Å². The maximum absolute atomic E-state index is 12.5. The number of hydrogen-bond donors (Lipinski definition) is 1. The summed E-state index contributed by atoms with van der Waals surface area (Å²) in [5.41, 5.74) is 2.29. The van der Waals surface area contributed by atoms with E-state index in [2.05, 4.69) is 17.4 Å². The van der Waals surface area contributed by atoms with Gasteiger partial charge >= 0.3 is 5.97 Å². The maximum Gasteiger partial charge on any atom is 0.310 e. The molecule has 3 nitrogen and oxygen atoms in total. The van der Waals surface area contributed by atoms with Crippen molar-refractivity contribution in [2.24, 2.45) is 5.92 Å². The average Bonchev–Trinajstić information content (AvgIpc) is 2.66. The number of ether oxygens (including phenoxy) is 1. The Morgan fingerprint density at radius 1 is 0.917 bits per heavy atom. The first-order valence-electron chi connectivity index (χ1n) is 8.81. The maximum atomic E-state index is 12.5. The summed E-state index contributed by atoms with van der Waals surface area (Å²) < 4.78 is 5.57. The molecule has 2 aromatic rings. The minimum Gasteiger partial charge on any atom is -0.461 e. The SMILES string of the molecule is O=C(OCc1ccccc1)[C@@H]1CCCC[C@@H]1NCc1ccccc1. The fourth-order valence-corrected chi connectivity index (χ4v) is 3.34. The Labute approximate surface area is 144 Å². The van der Waals surface area contributed by atoms with Gasteiger partial charge in [0.15, 0.2) is 0 Å². The lowest BCUT2D eigenvalue weighted by atomic mass is 9.84. The average molecular weight is 323 g/mol. The van der Waals surface area contributed by atoms with E-state index >= 15 is 0 Å². The lowest BCUT2D eigenvalue weighted by Crippen LogP contribution is -2.42. The lowest BCUT2D eigenvalue weighted by molar-refractivity contribution is -0.152. The van der Waals surface area contributed by atoms with E-state index < -0.39 is 0 Å². The Bertz CT molecular complexity index is 627. The highest BCUT2D eigenvalue weighted by Gasteiger charge is 2.31. The van der Waals surface area contributed by atoms with Gasteiger partial charge in [-0.2, -0.15) is 0 Å². The number of carbonyl (C=O) groups is 1. The van der Waals surface area contributed by atoms with Crippen LogP contribution in [-0.2, 0) is 22.7 Å². The second-order valence-electron chi connectivity index (χ2n) is 6.46. The quantitative estimate of drug-likeness (QED) is 0.814. The van der Waals surface area contributed by atoms with Gasteiger partial charge in [-0.3, -0.25) is 4.79 Å². The molecule has 1 fully saturated rings.